The maximum atomic E-state index is 14.0. The predicted molar refractivity (Wildman–Crippen MR) is 149 cm³/mol. The quantitative estimate of drug-likeness (QED) is 0.211. The van der Waals surface area contributed by atoms with E-state index in [1.807, 2.05) is 53.9 Å². The number of fused-ring (bicyclic) bond motifs is 3. The first-order valence-electron chi connectivity index (χ1n) is 13.3. The molecule has 200 valence electrons. The number of hydrogen-bond donors (Lipinski definition) is 1. The fourth-order valence-electron chi connectivity index (χ4n) is 6.46. The summed E-state index contributed by atoms with van der Waals surface area (Å²) in [5.74, 6) is -1.89. The normalized spacial score (nSPS) is 24.9. The molecule has 6 rings (SSSR count). The number of rotatable bonds is 7. The number of nitrogens with zero attached hydrogens (tertiary/aromatic N) is 1. The van der Waals surface area contributed by atoms with Crippen LogP contribution < -0.4 is 0 Å². The van der Waals surface area contributed by atoms with Crippen molar-refractivity contribution in [3.05, 3.63) is 99.0 Å². The monoisotopic (exact) mass is 543 g/mol. The average Bonchev–Trinajstić information content (AvgIpc) is 3.66. The Morgan fingerprint density at radius 3 is 2.67 bits per heavy atom. The lowest BCUT2D eigenvalue weighted by Gasteiger charge is -2.30. The molecule has 1 N–H and O–H groups in total. The van der Waals surface area contributed by atoms with Crippen molar-refractivity contribution in [1.29, 1.82) is 0 Å². The lowest BCUT2D eigenvalue weighted by atomic mass is 9.70. The van der Waals surface area contributed by atoms with Gasteiger partial charge in [0.15, 0.2) is 11.6 Å². The van der Waals surface area contributed by atoms with Crippen LogP contribution in [0.1, 0.15) is 42.2 Å². The third-order valence-corrected chi connectivity index (χ3v) is 9.13. The van der Waals surface area contributed by atoms with E-state index in [9.17, 15) is 19.1 Å². The highest BCUT2D eigenvalue weighted by Crippen LogP contribution is 2.50. The number of carbonyl (C=O) groups is 2. The molecule has 1 aliphatic carbocycles. The summed E-state index contributed by atoms with van der Waals surface area (Å²) >= 11 is 1.56. The molecule has 1 aromatic heterocycles. The summed E-state index contributed by atoms with van der Waals surface area (Å²) in [5, 5.41) is 11.6. The molecular weight excluding hydrogens is 513 g/mol. The van der Waals surface area contributed by atoms with E-state index in [1.165, 1.54) is 22.6 Å². The Kier molecular flexibility index (Phi) is 6.95. The van der Waals surface area contributed by atoms with Crippen LogP contribution in [0.25, 0.3) is 11.6 Å². The highest BCUT2D eigenvalue weighted by atomic mass is 32.1. The smallest absolute Gasteiger partial charge is 0.234 e. The van der Waals surface area contributed by atoms with Crippen molar-refractivity contribution in [1.82, 2.24) is 4.90 Å². The lowest BCUT2D eigenvalue weighted by Crippen LogP contribution is -2.34. The van der Waals surface area contributed by atoms with Crippen LogP contribution in [0.5, 0.6) is 5.75 Å². The Hall–Kier alpha value is -3.55. The van der Waals surface area contributed by atoms with Gasteiger partial charge in [-0.2, -0.15) is 0 Å². The van der Waals surface area contributed by atoms with Crippen molar-refractivity contribution in [3.8, 4) is 5.75 Å². The third kappa shape index (κ3) is 4.85. The van der Waals surface area contributed by atoms with Crippen LogP contribution in [0, 0.1) is 23.6 Å². The highest BCUT2D eigenvalue weighted by Gasteiger charge is 2.56. The second-order valence-electron chi connectivity index (χ2n) is 10.6. The van der Waals surface area contributed by atoms with Gasteiger partial charge in [-0.1, -0.05) is 54.1 Å². The van der Waals surface area contributed by atoms with E-state index in [1.54, 1.807) is 17.4 Å². The average molecular weight is 544 g/mol. The van der Waals surface area contributed by atoms with Crippen molar-refractivity contribution < 1.29 is 23.8 Å². The van der Waals surface area contributed by atoms with Gasteiger partial charge < -0.3 is 9.84 Å². The van der Waals surface area contributed by atoms with Gasteiger partial charge in [-0.25, -0.2) is 4.39 Å². The van der Waals surface area contributed by atoms with Crippen LogP contribution in [0.3, 0.4) is 0 Å². The molecule has 2 aromatic carbocycles. The van der Waals surface area contributed by atoms with Gasteiger partial charge in [-0.05, 0) is 72.0 Å². The maximum Gasteiger partial charge on any atom is 0.234 e. The van der Waals surface area contributed by atoms with Crippen molar-refractivity contribution >= 4 is 34.8 Å². The number of halogens is 1. The molecule has 0 bridgehead atoms. The molecule has 3 aromatic rings. The lowest BCUT2D eigenvalue weighted by molar-refractivity contribution is -0.140. The zero-order valence-corrected chi connectivity index (χ0v) is 22.5. The zero-order valence-electron chi connectivity index (χ0n) is 21.7. The minimum atomic E-state index is -0.653. The number of benzene rings is 2. The first-order valence-corrected chi connectivity index (χ1v) is 14.2. The second-order valence-corrected chi connectivity index (χ2v) is 11.7. The number of ether oxygens (including phenoxy) is 1. The largest absolute Gasteiger partial charge is 0.505 e. The Labute approximate surface area is 231 Å². The van der Waals surface area contributed by atoms with Crippen LogP contribution in [-0.2, 0) is 20.9 Å². The summed E-state index contributed by atoms with van der Waals surface area (Å²) in [5.41, 5.74) is 5.09. The van der Waals surface area contributed by atoms with Gasteiger partial charge in [0, 0.05) is 10.8 Å². The van der Waals surface area contributed by atoms with Crippen molar-refractivity contribution in [2.24, 2.45) is 17.8 Å². The number of hydrogen-bond acceptors (Lipinski definition) is 5. The number of thiophene rings is 1. The number of allylic oxidation sites excluding steroid dienone is 2. The number of amides is 2. The van der Waals surface area contributed by atoms with E-state index < -0.39 is 5.82 Å². The van der Waals surface area contributed by atoms with Gasteiger partial charge in [0.25, 0.3) is 0 Å². The van der Waals surface area contributed by atoms with Gasteiger partial charge in [0.2, 0.25) is 11.8 Å². The van der Waals surface area contributed by atoms with E-state index >= 15 is 0 Å². The van der Waals surface area contributed by atoms with Gasteiger partial charge >= 0.3 is 0 Å². The van der Waals surface area contributed by atoms with E-state index in [4.69, 9.17) is 4.74 Å². The van der Waals surface area contributed by atoms with Crippen molar-refractivity contribution in [2.45, 2.75) is 38.8 Å². The molecule has 7 heteroatoms. The molecule has 5 nitrogen and oxygen atoms in total. The fraction of sp³-hybridized carbons (Fsp3) is 0.312. The zero-order chi connectivity index (χ0) is 27.1. The van der Waals surface area contributed by atoms with Gasteiger partial charge in [-0.3, -0.25) is 14.5 Å². The number of phenolic OH excluding ortho intramolecular Hbond substituents is 1. The second kappa shape index (κ2) is 10.5. The van der Waals surface area contributed by atoms with Gasteiger partial charge in [0.05, 0.1) is 31.1 Å². The molecule has 3 heterocycles. The molecule has 0 spiro atoms. The number of phenols is 1. The number of likely N-dealkylation sites (tertiary alicyclic amines) is 1. The molecule has 0 unspecified atom stereocenters. The van der Waals surface area contributed by atoms with E-state index in [-0.39, 0.29) is 41.4 Å². The van der Waals surface area contributed by atoms with Gasteiger partial charge in [-0.15, -0.1) is 11.3 Å². The summed E-state index contributed by atoms with van der Waals surface area (Å²) in [6, 6.07) is 18.3. The standard InChI is InChI=1S/C32H30FNO4S/c1-19-14-24-30(32(37)34(31(24)36)17-23-8-5-13-39-23)25-18-38-28(29(19)25)12-10-22(21-6-3-2-4-7-21)15-20-9-11-27(35)26(33)16-20/h2-9,11,13,15-16,24-25,28,30,35H,10,12,14,17-18H2,1H3/b22-15-/t24-,25+,28-,30-/m1/s1. The van der Waals surface area contributed by atoms with Crippen molar-refractivity contribution in [2.75, 3.05) is 6.61 Å². The van der Waals surface area contributed by atoms with Crippen LogP contribution in [0.2, 0.25) is 0 Å². The molecule has 2 aliphatic heterocycles. The first kappa shape index (κ1) is 25.7. The highest BCUT2D eigenvalue weighted by molar-refractivity contribution is 7.09. The van der Waals surface area contributed by atoms with Crippen LogP contribution in [0.4, 0.5) is 4.39 Å². The topological polar surface area (TPSA) is 66.8 Å². The molecular formula is C32H30FNO4S. The molecule has 2 amide bonds. The number of carbonyl (C=O) groups excluding carboxylic acids is 2. The number of aromatic hydroxyl groups is 1. The first-order chi connectivity index (χ1) is 18.9. The fourth-order valence-corrected chi connectivity index (χ4v) is 7.15. The van der Waals surface area contributed by atoms with Gasteiger partial charge in [0.1, 0.15) is 0 Å². The molecule has 2 fully saturated rings. The van der Waals surface area contributed by atoms with Crippen LogP contribution >= 0.6 is 11.3 Å². The summed E-state index contributed by atoms with van der Waals surface area (Å²) in [6.07, 6.45) is 3.81. The summed E-state index contributed by atoms with van der Waals surface area (Å²) in [4.78, 5) is 29.3. The Morgan fingerprint density at radius 2 is 1.92 bits per heavy atom. The molecule has 39 heavy (non-hydrogen) atoms. The summed E-state index contributed by atoms with van der Waals surface area (Å²) in [6.45, 7) is 2.86. The SMILES string of the molecule is CC1=C2[C@@H](CC/C(=C/c3ccc(O)c(F)c3)c3ccccc3)OC[C@@H]2[C@@H]2C(=O)N(Cc3cccs3)C(=O)[C@@H]2C1. The van der Waals surface area contributed by atoms with E-state index in [0.29, 0.717) is 38.0 Å². The molecule has 0 saturated carbocycles. The third-order valence-electron chi connectivity index (χ3n) is 8.27. The van der Waals surface area contributed by atoms with E-state index in [2.05, 4.69) is 6.92 Å². The van der Waals surface area contributed by atoms with Crippen LogP contribution in [0.15, 0.2) is 77.2 Å². The summed E-state index contributed by atoms with van der Waals surface area (Å²) < 4.78 is 20.3. The van der Waals surface area contributed by atoms with Crippen LogP contribution in [-0.4, -0.2) is 34.5 Å². The summed E-state index contributed by atoms with van der Waals surface area (Å²) in [7, 11) is 0. The number of imide groups is 1. The maximum absolute atomic E-state index is 14.0. The Balaban J connectivity index is 1.22. The Bertz CT molecular complexity index is 1460. The molecule has 3 aliphatic rings. The van der Waals surface area contributed by atoms with E-state index in [0.717, 1.165) is 21.6 Å². The minimum Gasteiger partial charge on any atom is -0.505 e. The predicted octanol–water partition coefficient (Wildman–Crippen LogP) is 6.45. The molecule has 2 saturated heterocycles. The Morgan fingerprint density at radius 1 is 1.10 bits per heavy atom. The molecule has 4 atom stereocenters. The minimum absolute atomic E-state index is 0.0596. The van der Waals surface area contributed by atoms with Crippen molar-refractivity contribution in [3.63, 3.8) is 0 Å². The molecule has 0 radical (unpaired) electrons.